The van der Waals surface area contributed by atoms with E-state index < -0.39 is 14.1 Å². The van der Waals surface area contributed by atoms with Crippen molar-refractivity contribution in [3.63, 3.8) is 0 Å². The van der Waals surface area contributed by atoms with Crippen LogP contribution in [0.4, 0.5) is 0 Å². The summed E-state index contributed by atoms with van der Waals surface area (Å²) in [5.41, 5.74) is 0.877. The molecule has 1 aliphatic heterocycles. The number of benzene rings is 1. The predicted octanol–water partition coefficient (Wildman–Crippen LogP) is 7.25. The maximum absolute atomic E-state index is 6.78. The van der Waals surface area contributed by atoms with Gasteiger partial charge in [0, 0.05) is 19.4 Å². The largest absolute Gasteiger partial charge is 0.414 e. The van der Waals surface area contributed by atoms with Crippen LogP contribution in [-0.2, 0) is 25.2 Å². The van der Waals surface area contributed by atoms with Gasteiger partial charge in [-0.2, -0.15) is 0 Å². The summed E-state index contributed by atoms with van der Waals surface area (Å²) in [5, 5.41) is 0.168. The van der Waals surface area contributed by atoms with Crippen molar-refractivity contribution in [1.29, 1.82) is 0 Å². The first-order chi connectivity index (χ1) is 14.8. The summed E-state index contributed by atoms with van der Waals surface area (Å²) >= 11 is 0. The van der Waals surface area contributed by atoms with Gasteiger partial charge in [0.25, 0.3) is 0 Å². The van der Waals surface area contributed by atoms with Gasteiger partial charge in [-0.15, -0.1) is 6.58 Å². The third kappa shape index (κ3) is 8.42. The lowest BCUT2D eigenvalue weighted by molar-refractivity contribution is -0.334. The minimum absolute atomic E-state index is 0.0942. The molecule has 1 unspecified atom stereocenters. The molecule has 1 heterocycles. The fraction of sp³-hybridized carbons (Fsp3) is 0.704. The van der Waals surface area contributed by atoms with Crippen molar-refractivity contribution in [2.75, 3.05) is 6.61 Å². The van der Waals surface area contributed by atoms with Crippen LogP contribution in [0.15, 0.2) is 43.0 Å². The lowest BCUT2D eigenvalue weighted by Crippen LogP contribution is -2.53. The third-order valence-electron chi connectivity index (χ3n) is 6.65. The van der Waals surface area contributed by atoms with Gasteiger partial charge in [-0.25, -0.2) is 0 Å². The van der Waals surface area contributed by atoms with Gasteiger partial charge in [0.2, 0.25) is 0 Å². The van der Waals surface area contributed by atoms with Crippen LogP contribution in [0.5, 0.6) is 0 Å². The van der Waals surface area contributed by atoms with Gasteiger partial charge < -0.3 is 18.6 Å². The first kappa shape index (κ1) is 27.3. The topological polar surface area (TPSA) is 36.9 Å². The fourth-order valence-corrected chi connectivity index (χ4v) is 5.65. The van der Waals surface area contributed by atoms with E-state index in [4.69, 9.17) is 18.6 Å². The monoisotopic (exact) mass is 462 g/mol. The summed E-state index contributed by atoms with van der Waals surface area (Å²) in [7, 11) is -1.89. The maximum Gasteiger partial charge on any atom is 0.192 e. The van der Waals surface area contributed by atoms with Crippen molar-refractivity contribution < 1.29 is 18.6 Å². The molecule has 2 rings (SSSR count). The quantitative estimate of drug-likeness (QED) is 0.197. The van der Waals surface area contributed by atoms with Crippen molar-refractivity contribution in [2.45, 2.75) is 116 Å². The van der Waals surface area contributed by atoms with E-state index in [-0.39, 0.29) is 22.8 Å². The van der Waals surface area contributed by atoms with Gasteiger partial charge in [0.15, 0.2) is 14.1 Å². The van der Waals surface area contributed by atoms with Crippen LogP contribution in [0.2, 0.25) is 18.1 Å². The highest BCUT2D eigenvalue weighted by molar-refractivity contribution is 6.74. The Labute approximate surface area is 197 Å². The second-order valence-electron chi connectivity index (χ2n) is 11.5. The Kier molecular flexibility index (Phi) is 9.34. The zero-order valence-electron chi connectivity index (χ0n) is 21.7. The highest BCUT2D eigenvalue weighted by Gasteiger charge is 2.46. The third-order valence-corrected chi connectivity index (χ3v) is 11.2. The number of hydrogen-bond donors (Lipinski definition) is 0. The molecule has 1 aliphatic rings. The average molecular weight is 463 g/mol. The van der Waals surface area contributed by atoms with E-state index in [0.29, 0.717) is 13.2 Å². The van der Waals surface area contributed by atoms with E-state index in [2.05, 4.69) is 59.5 Å². The van der Waals surface area contributed by atoms with E-state index in [0.717, 1.165) is 25.7 Å². The fourth-order valence-electron chi connectivity index (χ4n) is 4.28. The summed E-state index contributed by atoms with van der Waals surface area (Å²) in [6.07, 6.45) is 5.51. The molecule has 0 aromatic heterocycles. The van der Waals surface area contributed by atoms with Crippen LogP contribution >= 0.6 is 0 Å². The van der Waals surface area contributed by atoms with E-state index >= 15 is 0 Å². The van der Waals surface area contributed by atoms with Crippen LogP contribution in [0.3, 0.4) is 0 Å². The molecule has 0 radical (unpaired) electrons. The molecule has 32 heavy (non-hydrogen) atoms. The van der Waals surface area contributed by atoms with Gasteiger partial charge in [0.1, 0.15) is 0 Å². The first-order valence-corrected chi connectivity index (χ1v) is 14.9. The minimum atomic E-state index is -1.89. The molecule has 0 spiro atoms. The Bertz CT molecular complexity index is 710. The van der Waals surface area contributed by atoms with Gasteiger partial charge >= 0.3 is 0 Å². The van der Waals surface area contributed by atoms with Gasteiger partial charge in [-0.05, 0) is 57.3 Å². The van der Waals surface area contributed by atoms with Gasteiger partial charge in [0.05, 0.1) is 24.4 Å². The van der Waals surface area contributed by atoms with E-state index in [1.54, 1.807) is 0 Å². The van der Waals surface area contributed by atoms with Crippen molar-refractivity contribution in [2.24, 2.45) is 0 Å². The van der Waals surface area contributed by atoms with Crippen LogP contribution in [0.1, 0.15) is 72.8 Å². The highest BCUT2D eigenvalue weighted by Crippen LogP contribution is 2.42. The summed E-state index contributed by atoms with van der Waals surface area (Å²) in [5.74, 6) is -0.632. The SMILES string of the molecule is C=CCC(C[C@]1(C)C[C@H](CCOCc2ccccc2)OC(C)(C)O1)O[Si](C)(C)C(C)(C)C. The molecule has 1 saturated heterocycles. The Morgan fingerprint density at radius 1 is 1.19 bits per heavy atom. The Balaban J connectivity index is 1.99. The predicted molar refractivity (Wildman–Crippen MR) is 135 cm³/mol. The number of hydrogen-bond acceptors (Lipinski definition) is 4. The summed E-state index contributed by atoms with van der Waals surface area (Å²) < 4.78 is 25.5. The molecule has 1 fully saturated rings. The standard InChI is InChI=1S/C27H46O4Si/c1-10-14-24(30-32(8,9)25(2,3)4)20-27(7)19-23(29-26(5,6)31-27)17-18-28-21-22-15-12-11-13-16-22/h10-13,15-16,23-24H,1,14,17-21H2,2-9H3/t23-,24?,27-/m0/s1. The zero-order valence-corrected chi connectivity index (χ0v) is 22.7. The normalized spacial score (nSPS) is 24.8. The Hall–Kier alpha value is -0.983. The van der Waals surface area contributed by atoms with E-state index in [1.807, 2.05) is 38.1 Å². The molecule has 1 aromatic carbocycles. The summed E-state index contributed by atoms with van der Waals surface area (Å²) in [6, 6.07) is 10.3. The molecule has 0 bridgehead atoms. The molecule has 5 heteroatoms. The van der Waals surface area contributed by atoms with E-state index in [9.17, 15) is 0 Å². The highest BCUT2D eigenvalue weighted by atomic mass is 28.4. The molecule has 4 nitrogen and oxygen atoms in total. The van der Waals surface area contributed by atoms with Crippen LogP contribution in [0, 0.1) is 0 Å². The van der Waals surface area contributed by atoms with Crippen molar-refractivity contribution in [3.8, 4) is 0 Å². The van der Waals surface area contributed by atoms with Crippen LogP contribution in [-0.4, -0.2) is 38.5 Å². The van der Waals surface area contributed by atoms with E-state index in [1.165, 1.54) is 5.56 Å². The average Bonchev–Trinajstić information content (AvgIpc) is 2.63. The van der Waals surface area contributed by atoms with Gasteiger partial charge in [-0.3, -0.25) is 0 Å². The zero-order chi connectivity index (χ0) is 24.0. The van der Waals surface area contributed by atoms with Crippen molar-refractivity contribution in [3.05, 3.63) is 48.6 Å². The molecule has 1 aromatic rings. The van der Waals surface area contributed by atoms with Crippen molar-refractivity contribution >= 4 is 8.32 Å². The maximum atomic E-state index is 6.78. The molecule has 0 N–H and O–H groups in total. The molecular formula is C27H46O4Si. The number of rotatable bonds is 11. The molecule has 182 valence electrons. The lowest BCUT2D eigenvalue weighted by atomic mass is 9.88. The van der Waals surface area contributed by atoms with Crippen LogP contribution < -0.4 is 0 Å². The second-order valence-corrected chi connectivity index (χ2v) is 16.2. The van der Waals surface area contributed by atoms with Crippen molar-refractivity contribution in [1.82, 2.24) is 0 Å². The molecule has 3 atom stereocenters. The summed E-state index contributed by atoms with van der Waals surface area (Å²) in [6.45, 7) is 23.0. The molecular weight excluding hydrogens is 416 g/mol. The first-order valence-electron chi connectivity index (χ1n) is 12.0. The molecule has 0 saturated carbocycles. The van der Waals surface area contributed by atoms with Gasteiger partial charge in [-0.1, -0.05) is 57.2 Å². The summed E-state index contributed by atoms with van der Waals surface area (Å²) in [4.78, 5) is 0. The lowest BCUT2D eigenvalue weighted by Gasteiger charge is -2.49. The molecule has 0 aliphatic carbocycles. The Morgan fingerprint density at radius 3 is 2.44 bits per heavy atom. The molecule has 0 amide bonds. The Morgan fingerprint density at radius 2 is 1.84 bits per heavy atom. The minimum Gasteiger partial charge on any atom is -0.414 e. The number of ether oxygens (including phenoxy) is 3. The smallest absolute Gasteiger partial charge is 0.192 e. The van der Waals surface area contributed by atoms with Crippen LogP contribution in [0.25, 0.3) is 0 Å². The second kappa shape index (κ2) is 11.0.